The van der Waals surface area contributed by atoms with E-state index in [1.54, 1.807) is 0 Å². The van der Waals surface area contributed by atoms with Crippen LogP contribution in [-0.2, 0) is 0 Å². The van der Waals surface area contributed by atoms with Gasteiger partial charge in [0.05, 0.1) is 11.0 Å². The van der Waals surface area contributed by atoms with Gasteiger partial charge in [0, 0.05) is 10.8 Å². The number of hydrogen-bond donors (Lipinski definition) is 0. The molecule has 0 amide bonds. The molecule has 0 aliphatic heterocycles. The second kappa shape index (κ2) is 7.52. The van der Waals surface area contributed by atoms with Gasteiger partial charge in [-0.2, -0.15) is 0 Å². The van der Waals surface area contributed by atoms with Crippen molar-refractivity contribution in [1.82, 2.24) is 4.98 Å². The second-order valence-electron chi connectivity index (χ2n) is 4.34. The van der Waals surface area contributed by atoms with Gasteiger partial charge in [0.1, 0.15) is 0 Å². The maximum absolute atomic E-state index is 4.75. The minimum atomic E-state index is 1.02. The van der Waals surface area contributed by atoms with Gasteiger partial charge in [0.2, 0.25) is 0 Å². The molecule has 1 aromatic heterocycles. The number of hydrogen-bond acceptors (Lipinski definition) is 1. The van der Waals surface area contributed by atoms with Crippen LogP contribution in [0.2, 0.25) is 0 Å². The highest BCUT2D eigenvalue weighted by atomic mass is 14.7. The normalized spacial score (nSPS) is 13.9. The zero-order valence-electron chi connectivity index (χ0n) is 12.4. The van der Waals surface area contributed by atoms with Gasteiger partial charge < -0.3 is 0 Å². The first-order valence-electron chi connectivity index (χ1n) is 6.78. The predicted octanol–water partition coefficient (Wildman–Crippen LogP) is 3.61. The molecule has 0 radical (unpaired) electrons. The Labute approximate surface area is 116 Å². The molecule has 19 heavy (non-hydrogen) atoms. The van der Waals surface area contributed by atoms with Crippen molar-refractivity contribution in [3.8, 4) is 0 Å². The highest BCUT2D eigenvalue weighted by Gasteiger charge is 2.04. The Bertz CT molecular complexity index is 616. The molecule has 0 bridgehead atoms. The first-order chi connectivity index (χ1) is 9.19. The van der Waals surface area contributed by atoms with Crippen molar-refractivity contribution < 1.29 is 0 Å². The highest BCUT2D eigenvalue weighted by molar-refractivity contribution is 5.66. The lowest BCUT2D eigenvalue weighted by Gasteiger charge is -2.07. The molecule has 0 N–H and O–H groups in total. The van der Waals surface area contributed by atoms with Crippen molar-refractivity contribution in [2.45, 2.75) is 34.1 Å². The number of pyridine rings is 1. The average Bonchev–Trinajstić information content (AvgIpc) is 2.42. The molecule has 0 aliphatic carbocycles. The van der Waals surface area contributed by atoms with Crippen LogP contribution in [0, 0.1) is 6.92 Å². The van der Waals surface area contributed by atoms with Crippen LogP contribution >= 0.6 is 0 Å². The Hall–Kier alpha value is -1.89. The van der Waals surface area contributed by atoms with E-state index in [-0.39, 0.29) is 0 Å². The standard InChI is InChI=1S/C18H23N/c1-6-10-13-18-16(12-8-3)14(5)15(11-7-2)17(9-4)19-18/h7-13H,2,6H2,1,3-5H3/b12-8-,13-10-,15-11-,17-9+. The minimum Gasteiger partial charge on any atom is -0.248 e. The summed E-state index contributed by atoms with van der Waals surface area (Å²) in [5.74, 6) is 0. The fraction of sp³-hybridized carbons (Fsp3) is 0.278. The quantitative estimate of drug-likeness (QED) is 0.798. The highest BCUT2D eigenvalue weighted by Crippen LogP contribution is 2.11. The topological polar surface area (TPSA) is 12.9 Å². The third-order valence-corrected chi connectivity index (χ3v) is 3.00. The van der Waals surface area contributed by atoms with Crippen LogP contribution < -0.4 is 10.6 Å². The largest absolute Gasteiger partial charge is 0.248 e. The first-order valence-corrected chi connectivity index (χ1v) is 6.78. The van der Waals surface area contributed by atoms with E-state index in [2.05, 4.69) is 44.7 Å². The van der Waals surface area contributed by atoms with E-state index in [9.17, 15) is 0 Å². The monoisotopic (exact) mass is 253 g/mol. The lowest BCUT2D eigenvalue weighted by Crippen LogP contribution is -2.32. The van der Waals surface area contributed by atoms with Crippen molar-refractivity contribution in [3.63, 3.8) is 0 Å². The number of allylic oxidation sites excluding steroid dienone is 3. The van der Waals surface area contributed by atoms with Crippen molar-refractivity contribution >= 4 is 24.3 Å². The first kappa shape index (κ1) is 15.2. The summed E-state index contributed by atoms with van der Waals surface area (Å²) in [7, 11) is 0. The molecule has 0 aliphatic rings. The minimum absolute atomic E-state index is 1.02. The van der Waals surface area contributed by atoms with Gasteiger partial charge >= 0.3 is 0 Å². The summed E-state index contributed by atoms with van der Waals surface area (Å²) in [5, 5.41) is 2.17. The SMILES string of the molecule is C=C/C=c1/c(C)c(/C=C\C)c(/C=C\CC)n/c1=C/C. The zero-order chi connectivity index (χ0) is 14.3. The number of rotatable bonds is 4. The van der Waals surface area contributed by atoms with Crippen LogP contribution in [0.5, 0.6) is 0 Å². The maximum Gasteiger partial charge on any atom is 0.0708 e. The molecular weight excluding hydrogens is 230 g/mol. The third kappa shape index (κ3) is 3.54. The average molecular weight is 253 g/mol. The van der Waals surface area contributed by atoms with E-state index in [0.29, 0.717) is 0 Å². The van der Waals surface area contributed by atoms with E-state index < -0.39 is 0 Å². The van der Waals surface area contributed by atoms with Gasteiger partial charge in [-0.3, -0.25) is 0 Å². The molecule has 0 fully saturated rings. The van der Waals surface area contributed by atoms with Gasteiger partial charge in [0.15, 0.2) is 0 Å². The van der Waals surface area contributed by atoms with Gasteiger partial charge in [0.25, 0.3) is 0 Å². The van der Waals surface area contributed by atoms with Crippen LogP contribution in [0.4, 0.5) is 0 Å². The van der Waals surface area contributed by atoms with E-state index >= 15 is 0 Å². The molecule has 1 heterocycles. The predicted molar refractivity (Wildman–Crippen MR) is 87.1 cm³/mol. The fourth-order valence-corrected chi connectivity index (χ4v) is 2.06. The molecule has 0 spiro atoms. The lowest BCUT2D eigenvalue weighted by molar-refractivity contribution is 1.14. The van der Waals surface area contributed by atoms with Crippen LogP contribution in [0.15, 0.2) is 24.8 Å². The lowest BCUT2D eigenvalue weighted by atomic mass is 10.0. The van der Waals surface area contributed by atoms with E-state index in [1.807, 2.05) is 32.1 Å². The molecular formula is C18H23N. The van der Waals surface area contributed by atoms with Crippen LogP contribution in [0.3, 0.4) is 0 Å². The molecule has 0 aromatic carbocycles. The number of aromatic nitrogens is 1. The molecule has 0 saturated heterocycles. The molecule has 0 unspecified atom stereocenters. The Balaban J connectivity index is 3.77. The van der Waals surface area contributed by atoms with Crippen molar-refractivity contribution in [1.29, 1.82) is 0 Å². The number of nitrogens with zero attached hydrogens (tertiary/aromatic N) is 1. The summed E-state index contributed by atoms with van der Waals surface area (Å²) in [6.45, 7) is 12.1. The van der Waals surface area contributed by atoms with Crippen LogP contribution in [0.25, 0.3) is 24.3 Å². The molecule has 0 saturated carbocycles. The molecule has 1 aromatic rings. The maximum atomic E-state index is 4.75. The van der Waals surface area contributed by atoms with Crippen molar-refractivity contribution in [3.05, 3.63) is 52.2 Å². The zero-order valence-corrected chi connectivity index (χ0v) is 12.4. The summed E-state index contributed by atoms with van der Waals surface area (Å²) in [6, 6.07) is 0. The second-order valence-corrected chi connectivity index (χ2v) is 4.34. The molecule has 1 heteroatoms. The summed E-state index contributed by atoms with van der Waals surface area (Å²) in [6.07, 6.45) is 15.3. The van der Waals surface area contributed by atoms with Crippen molar-refractivity contribution in [2.24, 2.45) is 0 Å². The van der Waals surface area contributed by atoms with Gasteiger partial charge in [-0.1, -0.05) is 50.0 Å². The van der Waals surface area contributed by atoms with Crippen LogP contribution in [0.1, 0.15) is 44.0 Å². The summed E-state index contributed by atoms with van der Waals surface area (Å²) in [5.41, 5.74) is 3.47. The Kier molecular flexibility index (Phi) is 6.01. The molecule has 100 valence electrons. The molecule has 1 nitrogen and oxygen atoms in total. The smallest absolute Gasteiger partial charge is 0.0708 e. The Morgan fingerprint density at radius 1 is 1.21 bits per heavy atom. The summed E-state index contributed by atoms with van der Waals surface area (Å²) >= 11 is 0. The fourth-order valence-electron chi connectivity index (χ4n) is 2.06. The Morgan fingerprint density at radius 2 is 1.95 bits per heavy atom. The summed E-state index contributed by atoms with van der Waals surface area (Å²) < 4.78 is 0. The van der Waals surface area contributed by atoms with Crippen molar-refractivity contribution in [2.75, 3.05) is 0 Å². The van der Waals surface area contributed by atoms with E-state index in [0.717, 1.165) is 22.7 Å². The van der Waals surface area contributed by atoms with E-state index in [4.69, 9.17) is 4.98 Å². The summed E-state index contributed by atoms with van der Waals surface area (Å²) in [4.78, 5) is 4.75. The molecule has 1 rings (SSSR count). The van der Waals surface area contributed by atoms with Crippen LogP contribution in [-0.4, -0.2) is 4.98 Å². The van der Waals surface area contributed by atoms with E-state index in [1.165, 1.54) is 11.1 Å². The molecule has 0 atom stereocenters. The van der Waals surface area contributed by atoms with Gasteiger partial charge in [-0.05, 0) is 38.8 Å². The Morgan fingerprint density at radius 3 is 2.47 bits per heavy atom. The third-order valence-electron chi connectivity index (χ3n) is 3.00. The van der Waals surface area contributed by atoms with Gasteiger partial charge in [-0.25, -0.2) is 4.98 Å². The van der Waals surface area contributed by atoms with Gasteiger partial charge in [-0.15, -0.1) is 0 Å².